The Hall–Kier alpha value is -1.31. The molecule has 0 radical (unpaired) electrons. The zero-order valence-corrected chi connectivity index (χ0v) is 7.50. The van der Waals surface area contributed by atoms with Gasteiger partial charge in [0, 0.05) is 5.56 Å². The average molecular weight is 163 g/mol. The van der Waals surface area contributed by atoms with Crippen LogP contribution >= 0.6 is 0 Å². The Morgan fingerprint density at radius 3 is 2.92 bits per heavy atom. The summed E-state index contributed by atoms with van der Waals surface area (Å²) in [5.74, 6) is 0.747. The molecule has 0 saturated carbocycles. The van der Waals surface area contributed by atoms with E-state index in [1.807, 2.05) is 13.0 Å². The van der Waals surface area contributed by atoms with Gasteiger partial charge in [-0.25, -0.2) is 0 Å². The van der Waals surface area contributed by atoms with Crippen LogP contribution in [0, 0.1) is 6.92 Å². The molecule has 0 amide bonds. The van der Waals surface area contributed by atoms with Crippen molar-refractivity contribution in [1.29, 1.82) is 0 Å². The van der Waals surface area contributed by atoms with Crippen molar-refractivity contribution in [2.45, 2.75) is 20.3 Å². The summed E-state index contributed by atoms with van der Waals surface area (Å²) in [6.07, 6.45) is 6.78. The molecule has 0 spiro atoms. The molecule has 0 aliphatic heterocycles. The molecule has 2 heteroatoms. The molecule has 0 atom stereocenters. The lowest BCUT2D eigenvalue weighted by molar-refractivity contribution is 0.408. The van der Waals surface area contributed by atoms with Gasteiger partial charge in [0.1, 0.15) is 0 Å². The summed E-state index contributed by atoms with van der Waals surface area (Å²) in [5, 5.41) is 3.84. The molecule has 0 aromatic carbocycles. The Morgan fingerprint density at radius 1 is 1.58 bits per heavy atom. The highest BCUT2D eigenvalue weighted by atomic mass is 16.5. The van der Waals surface area contributed by atoms with Gasteiger partial charge < -0.3 is 4.52 Å². The van der Waals surface area contributed by atoms with Crippen LogP contribution in [0.5, 0.6) is 0 Å². The molecule has 64 valence electrons. The summed E-state index contributed by atoms with van der Waals surface area (Å²) in [7, 11) is 0. The second-order valence-electron chi connectivity index (χ2n) is 2.56. The van der Waals surface area contributed by atoms with E-state index >= 15 is 0 Å². The van der Waals surface area contributed by atoms with E-state index in [0.717, 1.165) is 23.4 Å². The third kappa shape index (κ3) is 1.64. The molecule has 0 aliphatic carbocycles. The van der Waals surface area contributed by atoms with Gasteiger partial charge in [-0.15, -0.1) is 0 Å². The third-order valence-electron chi connectivity index (χ3n) is 1.64. The molecular formula is C10H13NO. The quantitative estimate of drug-likeness (QED) is 0.684. The predicted molar refractivity (Wildman–Crippen MR) is 50.7 cm³/mol. The number of allylic oxidation sites excluding steroid dienone is 1. The van der Waals surface area contributed by atoms with Crippen LogP contribution in [0.2, 0.25) is 0 Å². The van der Waals surface area contributed by atoms with Crippen LogP contribution in [-0.4, -0.2) is 5.16 Å². The minimum Gasteiger partial charge on any atom is -0.356 e. The second-order valence-corrected chi connectivity index (χ2v) is 2.56. The maximum absolute atomic E-state index is 5.02. The summed E-state index contributed by atoms with van der Waals surface area (Å²) in [5.41, 5.74) is 1.95. The first kappa shape index (κ1) is 8.78. The maximum Gasteiger partial charge on any atom is 0.166 e. The minimum absolute atomic E-state index is 0.747. The number of rotatable bonds is 3. The summed E-state index contributed by atoms with van der Waals surface area (Å²) >= 11 is 0. The highest BCUT2D eigenvalue weighted by molar-refractivity contribution is 5.61. The van der Waals surface area contributed by atoms with Crippen LogP contribution < -0.4 is 0 Å². The van der Waals surface area contributed by atoms with Gasteiger partial charge in [0.05, 0.1) is 5.69 Å². The van der Waals surface area contributed by atoms with E-state index in [9.17, 15) is 0 Å². The first-order chi connectivity index (χ1) is 5.79. The highest BCUT2D eigenvalue weighted by Gasteiger charge is 2.05. The van der Waals surface area contributed by atoms with Gasteiger partial charge in [0.2, 0.25) is 0 Å². The standard InChI is InChI=1S/C10H13NO/c1-4-6-7-9-8(3)11-12-10(9)5-2/h5-7H,2,4H2,1,3H3/b7-6-. The van der Waals surface area contributed by atoms with Crippen molar-refractivity contribution in [3.8, 4) is 0 Å². The number of hydrogen-bond acceptors (Lipinski definition) is 2. The first-order valence-electron chi connectivity index (χ1n) is 4.04. The first-order valence-corrected chi connectivity index (χ1v) is 4.04. The maximum atomic E-state index is 5.02. The number of hydrogen-bond donors (Lipinski definition) is 0. The van der Waals surface area contributed by atoms with E-state index in [4.69, 9.17) is 4.52 Å². The van der Waals surface area contributed by atoms with Gasteiger partial charge in [-0.2, -0.15) is 0 Å². The van der Waals surface area contributed by atoms with Crippen molar-refractivity contribution < 1.29 is 4.52 Å². The third-order valence-corrected chi connectivity index (χ3v) is 1.64. The fourth-order valence-corrected chi connectivity index (χ4v) is 0.980. The normalized spacial score (nSPS) is 10.8. The van der Waals surface area contributed by atoms with Crippen molar-refractivity contribution in [1.82, 2.24) is 5.16 Å². The number of aryl methyl sites for hydroxylation is 1. The van der Waals surface area contributed by atoms with Crippen molar-refractivity contribution in [2.75, 3.05) is 0 Å². The lowest BCUT2D eigenvalue weighted by Crippen LogP contribution is -1.75. The highest BCUT2D eigenvalue weighted by Crippen LogP contribution is 2.16. The Morgan fingerprint density at radius 2 is 2.33 bits per heavy atom. The van der Waals surface area contributed by atoms with Crippen molar-refractivity contribution in [2.24, 2.45) is 0 Å². The molecule has 0 unspecified atom stereocenters. The largest absolute Gasteiger partial charge is 0.356 e. The minimum atomic E-state index is 0.747. The smallest absolute Gasteiger partial charge is 0.166 e. The lowest BCUT2D eigenvalue weighted by atomic mass is 10.2. The molecule has 1 heterocycles. The average Bonchev–Trinajstić information content (AvgIpc) is 2.43. The van der Waals surface area contributed by atoms with Crippen molar-refractivity contribution >= 4 is 12.2 Å². The van der Waals surface area contributed by atoms with Gasteiger partial charge in [-0.1, -0.05) is 30.8 Å². The van der Waals surface area contributed by atoms with Gasteiger partial charge >= 0.3 is 0 Å². The molecule has 1 rings (SSSR count). The van der Waals surface area contributed by atoms with Crippen LogP contribution in [0.15, 0.2) is 17.2 Å². The molecule has 0 fully saturated rings. The van der Waals surface area contributed by atoms with Gasteiger partial charge in [0.25, 0.3) is 0 Å². The molecule has 0 saturated heterocycles. The molecule has 1 aromatic heterocycles. The van der Waals surface area contributed by atoms with E-state index in [0.29, 0.717) is 0 Å². The Labute approximate surface area is 72.6 Å². The fraction of sp³-hybridized carbons (Fsp3) is 0.300. The van der Waals surface area contributed by atoms with Crippen LogP contribution in [-0.2, 0) is 0 Å². The SMILES string of the molecule is C=Cc1onc(C)c1/C=C\CC. The lowest BCUT2D eigenvalue weighted by Gasteiger charge is -1.88. The van der Waals surface area contributed by atoms with Crippen LogP contribution in [0.25, 0.3) is 12.2 Å². The number of aromatic nitrogens is 1. The predicted octanol–water partition coefficient (Wildman–Crippen LogP) is 3.05. The summed E-state index contributed by atoms with van der Waals surface area (Å²) in [4.78, 5) is 0. The summed E-state index contributed by atoms with van der Waals surface area (Å²) in [6.45, 7) is 7.66. The van der Waals surface area contributed by atoms with E-state index in [1.165, 1.54) is 0 Å². The summed E-state index contributed by atoms with van der Waals surface area (Å²) < 4.78 is 5.02. The van der Waals surface area contributed by atoms with Gasteiger partial charge in [0.15, 0.2) is 5.76 Å². The van der Waals surface area contributed by atoms with E-state index in [2.05, 4.69) is 24.7 Å². The summed E-state index contributed by atoms with van der Waals surface area (Å²) in [6, 6.07) is 0. The van der Waals surface area contributed by atoms with Crippen molar-refractivity contribution in [3.05, 3.63) is 29.7 Å². The molecule has 1 aromatic rings. The molecule has 0 bridgehead atoms. The van der Waals surface area contributed by atoms with E-state index in [1.54, 1.807) is 6.08 Å². The van der Waals surface area contributed by atoms with E-state index < -0.39 is 0 Å². The fourth-order valence-electron chi connectivity index (χ4n) is 0.980. The zero-order valence-electron chi connectivity index (χ0n) is 7.50. The second kappa shape index (κ2) is 3.90. The molecule has 0 N–H and O–H groups in total. The molecule has 12 heavy (non-hydrogen) atoms. The van der Waals surface area contributed by atoms with Crippen LogP contribution in [0.4, 0.5) is 0 Å². The van der Waals surface area contributed by atoms with Gasteiger partial charge in [-0.05, 0) is 19.4 Å². The topological polar surface area (TPSA) is 26.0 Å². The molecule has 0 aliphatic rings. The van der Waals surface area contributed by atoms with Crippen LogP contribution in [0.3, 0.4) is 0 Å². The Kier molecular flexibility index (Phi) is 2.86. The van der Waals surface area contributed by atoms with Gasteiger partial charge in [-0.3, -0.25) is 0 Å². The van der Waals surface area contributed by atoms with Crippen LogP contribution in [0.1, 0.15) is 30.4 Å². The van der Waals surface area contributed by atoms with E-state index in [-0.39, 0.29) is 0 Å². The Balaban J connectivity index is 3.01. The number of nitrogens with zero attached hydrogens (tertiary/aromatic N) is 1. The monoisotopic (exact) mass is 163 g/mol. The van der Waals surface area contributed by atoms with Crippen molar-refractivity contribution in [3.63, 3.8) is 0 Å². The Bertz CT molecular complexity index is 297. The zero-order chi connectivity index (χ0) is 8.97. The molecule has 2 nitrogen and oxygen atoms in total. The molecular weight excluding hydrogens is 150 g/mol.